The van der Waals surface area contributed by atoms with Gasteiger partial charge in [0, 0.05) is 30.9 Å². The third kappa shape index (κ3) is 3.02. The van der Waals surface area contributed by atoms with Gasteiger partial charge in [0.05, 0.1) is 16.2 Å². The molecule has 0 aliphatic carbocycles. The van der Waals surface area contributed by atoms with E-state index in [4.69, 9.17) is 5.73 Å². The van der Waals surface area contributed by atoms with Gasteiger partial charge in [0.15, 0.2) is 0 Å². The van der Waals surface area contributed by atoms with Crippen molar-refractivity contribution >= 4 is 5.69 Å². The van der Waals surface area contributed by atoms with Crippen molar-refractivity contribution in [2.75, 3.05) is 6.54 Å². The minimum absolute atomic E-state index is 0.214. The van der Waals surface area contributed by atoms with Crippen molar-refractivity contribution < 1.29 is 18.1 Å². The van der Waals surface area contributed by atoms with E-state index in [0.29, 0.717) is 18.3 Å². The Bertz CT molecular complexity index is 667. The highest BCUT2D eigenvalue weighted by atomic mass is 19.4. The monoisotopic (exact) mass is 300 g/mol. The van der Waals surface area contributed by atoms with Crippen molar-refractivity contribution in [1.29, 1.82) is 0 Å². The molecule has 6 nitrogen and oxygen atoms in total. The highest BCUT2D eigenvalue weighted by molar-refractivity contribution is 5.50. The first-order valence-electron chi connectivity index (χ1n) is 5.93. The molecule has 2 rings (SSSR count). The average Bonchev–Trinajstić information content (AvgIpc) is 2.85. The molecule has 0 saturated carbocycles. The van der Waals surface area contributed by atoms with Crippen LogP contribution in [-0.4, -0.2) is 21.0 Å². The van der Waals surface area contributed by atoms with Gasteiger partial charge >= 0.3 is 6.18 Å². The molecule has 21 heavy (non-hydrogen) atoms. The van der Waals surface area contributed by atoms with Crippen molar-refractivity contribution in [3.05, 3.63) is 52.1 Å². The fraction of sp³-hybridized carbons (Fsp3) is 0.250. The zero-order valence-corrected chi connectivity index (χ0v) is 10.7. The number of rotatable bonds is 4. The molecule has 2 N–H and O–H groups in total. The number of hydrogen-bond donors (Lipinski definition) is 1. The Morgan fingerprint density at radius 2 is 2.10 bits per heavy atom. The van der Waals surface area contributed by atoms with Crippen molar-refractivity contribution in [2.45, 2.75) is 12.6 Å². The van der Waals surface area contributed by atoms with Crippen molar-refractivity contribution in [3.63, 3.8) is 0 Å². The lowest BCUT2D eigenvalue weighted by Gasteiger charge is -2.15. The van der Waals surface area contributed by atoms with Gasteiger partial charge in [-0.15, -0.1) is 0 Å². The summed E-state index contributed by atoms with van der Waals surface area (Å²) in [4.78, 5) is 13.7. The largest absolute Gasteiger partial charge is 0.418 e. The van der Waals surface area contributed by atoms with Crippen LogP contribution in [0.3, 0.4) is 0 Å². The molecular weight excluding hydrogens is 289 g/mol. The zero-order valence-electron chi connectivity index (χ0n) is 10.7. The fourth-order valence-corrected chi connectivity index (χ4v) is 1.94. The summed E-state index contributed by atoms with van der Waals surface area (Å²) in [5.41, 5.74) is 3.47. The third-order valence-corrected chi connectivity index (χ3v) is 2.84. The van der Waals surface area contributed by atoms with Gasteiger partial charge in [-0.1, -0.05) is 0 Å². The van der Waals surface area contributed by atoms with E-state index in [2.05, 4.69) is 4.98 Å². The van der Waals surface area contributed by atoms with Crippen LogP contribution >= 0.6 is 0 Å². The average molecular weight is 300 g/mol. The number of nitrogens with two attached hydrogens (primary N) is 1. The summed E-state index contributed by atoms with van der Waals surface area (Å²) in [5.74, 6) is 0.358. The number of alkyl halides is 3. The number of nitro benzene ring substituents is 1. The normalized spacial score (nSPS) is 11.6. The van der Waals surface area contributed by atoms with Crippen molar-refractivity contribution in [3.8, 4) is 5.69 Å². The highest BCUT2D eigenvalue weighted by Crippen LogP contribution is 2.36. The first kappa shape index (κ1) is 15.0. The molecule has 1 aromatic carbocycles. The van der Waals surface area contributed by atoms with E-state index < -0.39 is 22.4 Å². The number of non-ortho nitro benzene ring substituents is 1. The van der Waals surface area contributed by atoms with Crippen LogP contribution < -0.4 is 5.73 Å². The number of aromatic nitrogens is 2. The van der Waals surface area contributed by atoms with E-state index in [0.717, 1.165) is 12.1 Å². The maximum absolute atomic E-state index is 13.1. The molecule has 0 atom stereocenters. The maximum atomic E-state index is 13.1. The first-order valence-corrected chi connectivity index (χ1v) is 5.93. The van der Waals surface area contributed by atoms with E-state index in [-0.39, 0.29) is 12.2 Å². The molecule has 0 aliphatic heterocycles. The lowest BCUT2D eigenvalue weighted by atomic mass is 10.1. The van der Waals surface area contributed by atoms with Crippen LogP contribution in [0.25, 0.3) is 5.69 Å². The lowest BCUT2D eigenvalue weighted by molar-refractivity contribution is -0.385. The molecule has 112 valence electrons. The van der Waals surface area contributed by atoms with Gasteiger partial charge in [0.25, 0.3) is 5.69 Å². The number of nitro groups is 1. The number of imidazole rings is 1. The van der Waals surface area contributed by atoms with Gasteiger partial charge in [-0.3, -0.25) is 10.1 Å². The summed E-state index contributed by atoms with van der Waals surface area (Å²) in [6.45, 7) is 0.228. The summed E-state index contributed by atoms with van der Waals surface area (Å²) in [7, 11) is 0. The first-order chi connectivity index (χ1) is 9.84. The molecule has 0 unspecified atom stereocenters. The molecule has 1 aromatic heterocycles. The Morgan fingerprint density at radius 1 is 1.38 bits per heavy atom. The minimum atomic E-state index is -4.72. The smallest absolute Gasteiger partial charge is 0.330 e. The van der Waals surface area contributed by atoms with Crippen molar-refractivity contribution in [1.82, 2.24) is 9.55 Å². The topological polar surface area (TPSA) is 87.0 Å². The Hall–Kier alpha value is -2.42. The molecular formula is C12H11F3N4O2. The van der Waals surface area contributed by atoms with Gasteiger partial charge < -0.3 is 10.3 Å². The molecule has 0 amide bonds. The number of nitrogens with zero attached hydrogens (tertiary/aromatic N) is 3. The molecule has 0 aliphatic rings. The van der Waals surface area contributed by atoms with Crippen LogP contribution in [0.15, 0.2) is 30.6 Å². The lowest BCUT2D eigenvalue weighted by Crippen LogP contribution is -2.14. The molecule has 1 heterocycles. The summed E-state index contributed by atoms with van der Waals surface area (Å²) in [6, 6.07) is 2.60. The fourth-order valence-electron chi connectivity index (χ4n) is 1.94. The molecule has 0 radical (unpaired) electrons. The summed E-state index contributed by atoms with van der Waals surface area (Å²) >= 11 is 0. The Morgan fingerprint density at radius 3 is 2.67 bits per heavy atom. The molecule has 9 heteroatoms. The second-order valence-corrected chi connectivity index (χ2v) is 4.21. The zero-order chi connectivity index (χ0) is 15.6. The second-order valence-electron chi connectivity index (χ2n) is 4.21. The van der Waals surface area contributed by atoms with Crippen LogP contribution in [0, 0.1) is 10.1 Å². The van der Waals surface area contributed by atoms with Crippen LogP contribution in [-0.2, 0) is 12.6 Å². The summed E-state index contributed by atoms with van der Waals surface area (Å²) < 4.78 is 40.6. The van der Waals surface area contributed by atoms with E-state index in [1.807, 2.05) is 0 Å². The van der Waals surface area contributed by atoms with Gasteiger partial charge in [-0.2, -0.15) is 13.2 Å². The predicted octanol–water partition coefficient (Wildman–Crippen LogP) is 2.30. The second kappa shape index (κ2) is 5.52. The van der Waals surface area contributed by atoms with Crippen LogP contribution in [0.2, 0.25) is 0 Å². The third-order valence-electron chi connectivity index (χ3n) is 2.84. The van der Waals surface area contributed by atoms with Crippen LogP contribution in [0.4, 0.5) is 18.9 Å². The van der Waals surface area contributed by atoms with Gasteiger partial charge in [-0.25, -0.2) is 4.98 Å². The molecule has 0 spiro atoms. The number of benzene rings is 1. The molecule has 0 fully saturated rings. The van der Waals surface area contributed by atoms with Gasteiger partial charge in [0.2, 0.25) is 0 Å². The van der Waals surface area contributed by atoms with Crippen molar-refractivity contribution in [2.24, 2.45) is 5.73 Å². The Kier molecular flexibility index (Phi) is 3.94. The van der Waals surface area contributed by atoms with Gasteiger partial charge in [-0.05, 0) is 12.6 Å². The van der Waals surface area contributed by atoms with E-state index in [1.54, 1.807) is 0 Å². The Balaban J connectivity index is 2.62. The summed E-state index contributed by atoms with van der Waals surface area (Å²) in [6.07, 6.45) is -1.71. The van der Waals surface area contributed by atoms with E-state index in [1.165, 1.54) is 17.0 Å². The van der Waals surface area contributed by atoms with E-state index in [9.17, 15) is 23.3 Å². The molecule has 0 saturated heterocycles. The number of halogens is 3. The quantitative estimate of drug-likeness (QED) is 0.693. The van der Waals surface area contributed by atoms with Gasteiger partial charge in [0.1, 0.15) is 5.82 Å². The summed E-state index contributed by atoms with van der Waals surface area (Å²) in [5, 5.41) is 10.6. The molecule has 2 aromatic rings. The predicted molar refractivity (Wildman–Crippen MR) is 68.0 cm³/mol. The van der Waals surface area contributed by atoms with Crippen LogP contribution in [0.5, 0.6) is 0 Å². The molecule has 0 bridgehead atoms. The number of hydrogen-bond acceptors (Lipinski definition) is 4. The van der Waals surface area contributed by atoms with E-state index >= 15 is 0 Å². The highest BCUT2D eigenvalue weighted by Gasteiger charge is 2.36. The standard InChI is InChI=1S/C12H11F3N4O2/c13-12(14,15)9-7-8(19(20)21)1-2-10(9)18-6-5-17-11(18)3-4-16/h1-2,5-7H,3-4,16H2. The SMILES string of the molecule is NCCc1nccn1-c1ccc([N+](=O)[O-])cc1C(F)(F)F. The Labute approximate surface area is 117 Å². The van der Waals surface area contributed by atoms with Crippen LogP contribution in [0.1, 0.15) is 11.4 Å². The maximum Gasteiger partial charge on any atom is 0.418 e. The minimum Gasteiger partial charge on any atom is -0.330 e.